The maximum absolute atomic E-state index is 13.5. The first kappa shape index (κ1) is 15.4. The second kappa shape index (κ2) is 6.53. The highest BCUT2D eigenvalue weighted by Gasteiger charge is 2.21. The smallest absolute Gasteiger partial charge is 0.187 e. The molecule has 0 heterocycles. The molecule has 0 saturated heterocycles. The van der Waals surface area contributed by atoms with E-state index in [9.17, 15) is 17.7 Å². The quantitative estimate of drug-likeness (QED) is 0.281. The Hall–Kier alpha value is -2.61. The van der Waals surface area contributed by atoms with Gasteiger partial charge in [-0.3, -0.25) is 0 Å². The fraction of sp³-hybridized carbons (Fsp3) is 0.250. The van der Waals surface area contributed by atoms with Crippen LogP contribution in [0.3, 0.4) is 0 Å². The molecular weight excluding hydrogens is 276 g/mol. The van der Waals surface area contributed by atoms with Gasteiger partial charge in [-0.2, -0.15) is 15.6 Å². The number of hydrogen-bond donors (Lipinski definition) is 0. The van der Waals surface area contributed by atoms with E-state index in [-0.39, 0.29) is 6.42 Å². The Morgan fingerprint density at radius 2 is 1.90 bits per heavy atom. The zero-order valence-corrected chi connectivity index (χ0v) is 10.2. The van der Waals surface area contributed by atoms with Crippen LogP contribution in [0.25, 0.3) is 0 Å². The van der Waals surface area contributed by atoms with Crippen molar-refractivity contribution in [3.05, 3.63) is 29.1 Å². The van der Waals surface area contributed by atoms with E-state index >= 15 is 0 Å². The lowest BCUT2D eigenvalue weighted by Gasteiger charge is -2.11. The molecule has 0 aliphatic rings. The molecular formula is C12H8F4N4. The van der Waals surface area contributed by atoms with Crippen LogP contribution in [0.15, 0.2) is 11.2 Å². The van der Waals surface area contributed by atoms with Crippen LogP contribution >= 0.6 is 0 Å². The van der Waals surface area contributed by atoms with Gasteiger partial charge in [0, 0.05) is 11.6 Å². The first-order valence-corrected chi connectivity index (χ1v) is 5.41. The number of halogens is 4. The Kier molecular flexibility index (Phi) is 5.04. The van der Waals surface area contributed by atoms with Gasteiger partial charge in [0.2, 0.25) is 0 Å². The number of rotatable bonds is 4. The zero-order chi connectivity index (χ0) is 15.3. The molecule has 0 N–H and O–H groups in total. The molecule has 0 amide bonds. The van der Waals surface area contributed by atoms with Crippen LogP contribution in [0, 0.1) is 46.0 Å². The first-order chi connectivity index (χ1) is 9.46. The fourth-order valence-corrected chi connectivity index (χ4v) is 1.36. The van der Waals surface area contributed by atoms with E-state index in [2.05, 4.69) is 5.10 Å². The van der Waals surface area contributed by atoms with Crippen molar-refractivity contribution in [3.63, 3.8) is 0 Å². The predicted molar refractivity (Wildman–Crippen MR) is 62.5 cm³/mol. The highest BCUT2D eigenvalue weighted by molar-refractivity contribution is 5.69. The second-order valence-electron chi connectivity index (χ2n) is 3.60. The SMILES string of the molecule is CCc1c(F)cc(N(F)N=CC(C#N)C#N)c(F)c1F. The Labute approximate surface area is 112 Å². The Bertz CT molecular complexity index is 601. The molecule has 1 aromatic carbocycles. The van der Waals surface area contributed by atoms with Gasteiger partial charge in [0.15, 0.2) is 17.6 Å². The van der Waals surface area contributed by atoms with Gasteiger partial charge in [-0.1, -0.05) is 16.6 Å². The van der Waals surface area contributed by atoms with Crippen LogP contribution < -0.4 is 5.23 Å². The topological polar surface area (TPSA) is 63.2 Å². The summed E-state index contributed by atoms with van der Waals surface area (Å²) in [6, 6.07) is 3.38. The van der Waals surface area contributed by atoms with Crippen molar-refractivity contribution in [2.24, 2.45) is 11.0 Å². The molecule has 0 aromatic heterocycles. The summed E-state index contributed by atoms with van der Waals surface area (Å²) in [4.78, 5) is 0. The molecule has 20 heavy (non-hydrogen) atoms. The van der Waals surface area contributed by atoms with Crippen molar-refractivity contribution < 1.29 is 17.7 Å². The molecule has 0 unspecified atom stereocenters. The van der Waals surface area contributed by atoms with E-state index in [0.29, 0.717) is 12.3 Å². The molecule has 0 radical (unpaired) electrons. The molecule has 4 nitrogen and oxygen atoms in total. The monoisotopic (exact) mass is 284 g/mol. The highest BCUT2D eigenvalue weighted by Crippen LogP contribution is 2.27. The summed E-state index contributed by atoms with van der Waals surface area (Å²) in [5.74, 6) is -5.58. The minimum absolute atomic E-state index is 0.102. The van der Waals surface area contributed by atoms with Gasteiger partial charge < -0.3 is 0 Å². The molecule has 0 bridgehead atoms. The number of anilines is 1. The molecule has 0 atom stereocenters. The van der Waals surface area contributed by atoms with E-state index < -0.39 is 39.9 Å². The summed E-state index contributed by atoms with van der Waals surface area (Å²) < 4.78 is 53.9. The molecule has 0 spiro atoms. The maximum Gasteiger partial charge on any atom is 0.187 e. The van der Waals surface area contributed by atoms with Gasteiger partial charge in [-0.15, -0.1) is 0 Å². The van der Waals surface area contributed by atoms with Gasteiger partial charge in [0.05, 0.1) is 18.4 Å². The summed E-state index contributed by atoms with van der Waals surface area (Å²) >= 11 is 0. The van der Waals surface area contributed by atoms with Gasteiger partial charge >= 0.3 is 0 Å². The summed E-state index contributed by atoms with van der Waals surface area (Å²) in [5.41, 5.74) is -1.58. The summed E-state index contributed by atoms with van der Waals surface area (Å²) in [5, 5.41) is 19.2. The third-order valence-corrected chi connectivity index (χ3v) is 2.38. The Morgan fingerprint density at radius 3 is 2.40 bits per heavy atom. The Morgan fingerprint density at radius 1 is 1.30 bits per heavy atom. The fourth-order valence-electron chi connectivity index (χ4n) is 1.36. The summed E-state index contributed by atoms with van der Waals surface area (Å²) in [6.45, 7) is 1.41. The largest absolute Gasteiger partial charge is 0.207 e. The second-order valence-corrected chi connectivity index (χ2v) is 3.60. The molecule has 0 saturated carbocycles. The lowest BCUT2D eigenvalue weighted by atomic mass is 10.1. The van der Waals surface area contributed by atoms with Crippen molar-refractivity contribution in [3.8, 4) is 12.1 Å². The average molecular weight is 284 g/mol. The van der Waals surface area contributed by atoms with E-state index in [1.807, 2.05) is 0 Å². The highest BCUT2D eigenvalue weighted by atomic mass is 19.2. The first-order valence-electron chi connectivity index (χ1n) is 5.41. The van der Waals surface area contributed by atoms with E-state index in [1.54, 1.807) is 0 Å². The standard InChI is InChI=1S/C12H8F4N4/c1-2-8-9(13)3-10(12(15)11(8)14)20(16)19-6-7(4-17)5-18/h3,6-7H,2H2,1H3. The van der Waals surface area contributed by atoms with Gasteiger partial charge in [-0.25, -0.2) is 13.2 Å². The van der Waals surface area contributed by atoms with Crippen LogP contribution in [0.2, 0.25) is 0 Å². The van der Waals surface area contributed by atoms with Crippen molar-refractivity contribution in [1.82, 2.24) is 0 Å². The van der Waals surface area contributed by atoms with E-state index in [1.165, 1.54) is 19.1 Å². The lowest BCUT2D eigenvalue weighted by molar-refractivity contribution is 0.417. The van der Waals surface area contributed by atoms with Gasteiger partial charge in [-0.05, 0) is 6.42 Å². The number of hydrazone groups is 1. The molecule has 8 heteroatoms. The van der Waals surface area contributed by atoms with E-state index in [4.69, 9.17) is 10.5 Å². The number of nitrogens with zero attached hydrogens (tertiary/aromatic N) is 4. The lowest BCUT2D eigenvalue weighted by Crippen LogP contribution is -2.11. The minimum Gasteiger partial charge on any atom is -0.207 e. The van der Waals surface area contributed by atoms with Crippen molar-refractivity contribution in [1.29, 1.82) is 10.5 Å². The van der Waals surface area contributed by atoms with Crippen LogP contribution in [0.4, 0.5) is 23.3 Å². The number of benzene rings is 1. The molecule has 104 valence electrons. The molecule has 0 aliphatic carbocycles. The van der Waals surface area contributed by atoms with Gasteiger partial charge in [0.25, 0.3) is 0 Å². The maximum atomic E-state index is 13.5. The average Bonchev–Trinajstić information content (AvgIpc) is 2.44. The van der Waals surface area contributed by atoms with Crippen LogP contribution in [0.5, 0.6) is 0 Å². The third kappa shape index (κ3) is 3.04. The third-order valence-electron chi connectivity index (χ3n) is 2.38. The Balaban J connectivity index is 3.16. The van der Waals surface area contributed by atoms with E-state index in [0.717, 1.165) is 0 Å². The zero-order valence-electron chi connectivity index (χ0n) is 10.2. The van der Waals surface area contributed by atoms with Crippen LogP contribution in [0.1, 0.15) is 12.5 Å². The number of hydrogen-bond acceptors (Lipinski definition) is 4. The summed E-state index contributed by atoms with van der Waals surface area (Å²) in [6.07, 6.45) is 0.484. The molecule has 0 aliphatic heterocycles. The normalized spacial score (nSPS) is 10.6. The van der Waals surface area contributed by atoms with Crippen LogP contribution in [-0.2, 0) is 6.42 Å². The van der Waals surface area contributed by atoms with Crippen molar-refractivity contribution in [2.45, 2.75) is 13.3 Å². The van der Waals surface area contributed by atoms with Gasteiger partial charge in [0.1, 0.15) is 11.5 Å². The van der Waals surface area contributed by atoms with Crippen molar-refractivity contribution in [2.75, 3.05) is 5.23 Å². The predicted octanol–water partition coefficient (Wildman–Crippen LogP) is 3.01. The molecule has 0 fully saturated rings. The van der Waals surface area contributed by atoms with Crippen LogP contribution in [-0.4, -0.2) is 6.21 Å². The van der Waals surface area contributed by atoms with Crippen molar-refractivity contribution >= 4 is 11.9 Å². The summed E-state index contributed by atoms with van der Waals surface area (Å²) in [7, 11) is 0. The number of nitriles is 2. The molecule has 1 aromatic rings. The molecule has 1 rings (SSSR count). The minimum atomic E-state index is -1.60.